The van der Waals surface area contributed by atoms with Crippen LogP contribution in [0.1, 0.15) is 6.92 Å². The molecule has 0 aromatic heterocycles. The standard InChI is InChI=1S/C11H15ClN4O2/c1-7(10(13)16-18)6-14-11(17)15-9-4-2-3-8(12)5-9/h2-5,7,18H,6H2,1H3,(H2,13,16)(H2,14,15,17). The van der Waals surface area contributed by atoms with Gasteiger partial charge in [0.05, 0.1) is 0 Å². The van der Waals surface area contributed by atoms with Crippen LogP contribution in [0, 0.1) is 5.92 Å². The number of nitrogens with zero attached hydrogens (tertiary/aromatic N) is 1. The highest BCUT2D eigenvalue weighted by molar-refractivity contribution is 6.30. The number of hydrogen-bond donors (Lipinski definition) is 4. The smallest absolute Gasteiger partial charge is 0.319 e. The maximum absolute atomic E-state index is 11.5. The van der Waals surface area contributed by atoms with E-state index >= 15 is 0 Å². The summed E-state index contributed by atoms with van der Waals surface area (Å²) in [6.45, 7) is 2.00. The number of benzene rings is 1. The number of halogens is 1. The Labute approximate surface area is 110 Å². The van der Waals surface area contributed by atoms with Crippen LogP contribution in [-0.4, -0.2) is 23.6 Å². The van der Waals surface area contributed by atoms with Crippen molar-refractivity contribution in [2.75, 3.05) is 11.9 Å². The van der Waals surface area contributed by atoms with Crippen LogP contribution >= 0.6 is 11.6 Å². The molecule has 2 amide bonds. The number of hydrogen-bond acceptors (Lipinski definition) is 3. The molecule has 0 saturated carbocycles. The summed E-state index contributed by atoms with van der Waals surface area (Å²) in [5.41, 5.74) is 5.98. The molecule has 0 aliphatic rings. The molecule has 0 fully saturated rings. The summed E-state index contributed by atoms with van der Waals surface area (Å²) in [4.78, 5) is 11.5. The normalized spacial score (nSPS) is 12.9. The predicted octanol–water partition coefficient (Wildman–Crippen LogP) is 1.84. The van der Waals surface area contributed by atoms with E-state index in [4.69, 9.17) is 22.5 Å². The number of carbonyl (C=O) groups is 1. The molecule has 0 aliphatic carbocycles. The summed E-state index contributed by atoms with van der Waals surface area (Å²) in [6.07, 6.45) is 0. The van der Waals surface area contributed by atoms with Crippen molar-refractivity contribution in [1.82, 2.24) is 5.32 Å². The second-order valence-electron chi connectivity index (χ2n) is 3.77. The number of amidine groups is 1. The van der Waals surface area contributed by atoms with Crippen molar-refractivity contribution in [1.29, 1.82) is 0 Å². The van der Waals surface area contributed by atoms with Crippen LogP contribution in [-0.2, 0) is 0 Å². The highest BCUT2D eigenvalue weighted by Gasteiger charge is 2.09. The van der Waals surface area contributed by atoms with Crippen molar-refractivity contribution in [3.8, 4) is 0 Å². The highest BCUT2D eigenvalue weighted by atomic mass is 35.5. The second kappa shape index (κ2) is 6.70. The number of amides is 2. The molecule has 98 valence electrons. The molecule has 1 atom stereocenters. The summed E-state index contributed by atoms with van der Waals surface area (Å²) < 4.78 is 0. The Bertz CT molecular complexity index is 450. The van der Waals surface area contributed by atoms with Crippen molar-refractivity contribution in [2.45, 2.75) is 6.92 Å². The third kappa shape index (κ3) is 4.50. The zero-order chi connectivity index (χ0) is 13.5. The van der Waals surface area contributed by atoms with E-state index < -0.39 is 0 Å². The van der Waals surface area contributed by atoms with E-state index in [-0.39, 0.29) is 24.3 Å². The summed E-state index contributed by atoms with van der Waals surface area (Å²) in [5.74, 6) is -0.182. The molecular weight excluding hydrogens is 256 g/mol. The van der Waals surface area contributed by atoms with Gasteiger partial charge in [-0.05, 0) is 18.2 Å². The average Bonchev–Trinajstić information content (AvgIpc) is 2.35. The van der Waals surface area contributed by atoms with Gasteiger partial charge >= 0.3 is 6.03 Å². The van der Waals surface area contributed by atoms with E-state index in [1.165, 1.54) is 0 Å². The van der Waals surface area contributed by atoms with Gasteiger partial charge < -0.3 is 21.6 Å². The largest absolute Gasteiger partial charge is 0.409 e. The van der Waals surface area contributed by atoms with E-state index in [0.29, 0.717) is 10.7 Å². The fourth-order valence-electron chi connectivity index (χ4n) is 1.19. The fourth-order valence-corrected chi connectivity index (χ4v) is 1.38. The Morgan fingerprint density at radius 3 is 2.94 bits per heavy atom. The number of nitrogens with one attached hydrogen (secondary N) is 2. The van der Waals surface area contributed by atoms with Crippen molar-refractivity contribution in [2.24, 2.45) is 16.8 Å². The van der Waals surface area contributed by atoms with Gasteiger partial charge in [-0.25, -0.2) is 4.79 Å². The highest BCUT2D eigenvalue weighted by Crippen LogP contribution is 2.14. The third-order valence-corrected chi connectivity index (χ3v) is 2.51. The van der Waals surface area contributed by atoms with Gasteiger partial charge in [-0.3, -0.25) is 0 Å². The van der Waals surface area contributed by atoms with Crippen LogP contribution in [0.4, 0.5) is 10.5 Å². The van der Waals surface area contributed by atoms with Gasteiger partial charge in [-0.15, -0.1) is 0 Å². The van der Waals surface area contributed by atoms with E-state index in [9.17, 15) is 4.79 Å². The maximum Gasteiger partial charge on any atom is 0.319 e. The second-order valence-corrected chi connectivity index (χ2v) is 4.21. The molecule has 0 bridgehead atoms. The van der Waals surface area contributed by atoms with Gasteiger partial charge in [-0.1, -0.05) is 29.7 Å². The summed E-state index contributed by atoms with van der Waals surface area (Å²) in [5, 5.41) is 17.1. The molecule has 0 saturated heterocycles. The molecule has 0 radical (unpaired) electrons. The first-order valence-corrected chi connectivity index (χ1v) is 5.68. The van der Waals surface area contributed by atoms with Crippen LogP contribution in [0.5, 0.6) is 0 Å². The van der Waals surface area contributed by atoms with Gasteiger partial charge in [0, 0.05) is 23.2 Å². The molecule has 0 spiro atoms. The van der Waals surface area contributed by atoms with E-state index in [0.717, 1.165) is 0 Å². The molecule has 0 heterocycles. The monoisotopic (exact) mass is 270 g/mol. The minimum absolute atomic E-state index is 0.0676. The average molecular weight is 271 g/mol. The Morgan fingerprint density at radius 2 is 2.33 bits per heavy atom. The van der Waals surface area contributed by atoms with E-state index in [1.54, 1.807) is 31.2 Å². The molecule has 0 aliphatic heterocycles. The molecule has 6 nitrogen and oxygen atoms in total. The lowest BCUT2D eigenvalue weighted by atomic mass is 10.1. The molecule has 18 heavy (non-hydrogen) atoms. The maximum atomic E-state index is 11.5. The minimum atomic E-state index is -0.380. The van der Waals surface area contributed by atoms with E-state index in [1.807, 2.05) is 0 Å². The Balaban J connectivity index is 2.43. The fraction of sp³-hybridized carbons (Fsp3) is 0.273. The van der Waals surface area contributed by atoms with Crippen molar-refractivity contribution < 1.29 is 10.0 Å². The number of urea groups is 1. The molecule has 1 aromatic rings. The lowest BCUT2D eigenvalue weighted by Crippen LogP contribution is -2.36. The Morgan fingerprint density at radius 1 is 1.61 bits per heavy atom. The Hall–Kier alpha value is -1.95. The SMILES string of the molecule is CC(CNC(=O)Nc1cccc(Cl)c1)C(N)=NO. The number of oxime groups is 1. The molecular formula is C11H15ClN4O2. The van der Waals surface area contributed by atoms with Gasteiger partial charge in [-0.2, -0.15) is 0 Å². The van der Waals surface area contributed by atoms with Crippen molar-refractivity contribution in [3.63, 3.8) is 0 Å². The minimum Gasteiger partial charge on any atom is -0.409 e. The molecule has 7 heteroatoms. The Kier molecular flexibility index (Phi) is 5.26. The summed E-state index contributed by atoms with van der Waals surface area (Å²) in [6, 6.07) is 6.42. The first kappa shape index (κ1) is 14.1. The van der Waals surface area contributed by atoms with Crippen LogP contribution in [0.25, 0.3) is 0 Å². The van der Waals surface area contributed by atoms with Crippen LogP contribution in [0.15, 0.2) is 29.4 Å². The molecule has 1 rings (SSSR count). The van der Waals surface area contributed by atoms with Gasteiger partial charge in [0.2, 0.25) is 0 Å². The number of anilines is 1. The van der Waals surface area contributed by atoms with Gasteiger partial charge in [0.1, 0.15) is 5.84 Å². The number of rotatable bonds is 4. The van der Waals surface area contributed by atoms with Gasteiger partial charge in [0.25, 0.3) is 0 Å². The summed E-state index contributed by atoms with van der Waals surface area (Å²) in [7, 11) is 0. The first-order valence-electron chi connectivity index (χ1n) is 5.30. The zero-order valence-electron chi connectivity index (χ0n) is 9.85. The topological polar surface area (TPSA) is 99.7 Å². The predicted molar refractivity (Wildman–Crippen MR) is 71.0 cm³/mol. The number of carbonyl (C=O) groups excluding carboxylic acids is 1. The van der Waals surface area contributed by atoms with Crippen molar-refractivity contribution >= 4 is 29.2 Å². The van der Waals surface area contributed by atoms with Crippen LogP contribution in [0.2, 0.25) is 5.02 Å². The molecule has 1 aromatic carbocycles. The van der Waals surface area contributed by atoms with E-state index in [2.05, 4.69) is 15.8 Å². The van der Waals surface area contributed by atoms with Crippen LogP contribution in [0.3, 0.4) is 0 Å². The van der Waals surface area contributed by atoms with Gasteiger partial charge in [0.15, 0.2) is 0 Å². The zero-order valence-corrected chi connectivity index (χ0v) is 10.6. The lowest BCUT2D eigenvalue weighted by molar-refractivity contribution is 0.251. The summed E-state index contributed by atoms with van der Waals surface area (Å²) >= 11 is 5.78. The third-order valence-electron chi connectivity index (χ3n) is 2.27. The van der Waals surface area contributed by atoms with Crippen molar-refractivity contribution in [3.05, 3.63) is 29.3 Å². The first-order chi connectivity index (χ1) is 8.52. The quantitative estimate of drug-likeness (QED) is 0.291. The molecule has 1 unspecified atom stereocenters. The number of nitrogens with two attached hydrogens (primary N) is 1. The lowest BCUT2D eigenvalue weighted by Gasteiger charge is -2.12. The van der Waals surface area contributed by atoms with Crippen LogP contribution < -0.4 is 16.4 Å². The molecule has 5 N–H and O–H groups in total.